The van der Waals surface area contributed by atoms with Crippen LogP contribution in [0.1, 0.15) is 42.4 Å². The molecule has 2 aliphatic rings. The number of benzene rings is 1. The smallest absolute Gasteiger partial charge is 0.0570 e. The largest absolute Gasteiger partial charge is 0.393 e. The number of hydrogen-bond donors (Lipinski definition) is 2. The highest BCUT2D eigenvalue weighted by molar-refractivity contribution is 5.31. The summed E-state index contributed by atoms with van der Waals surface area (Å²) < 4.78 is 0. The van der Waals surface area contributed by atoms with Crippen molar-refractivity contribution in [1.29, 1.82) is 0 Å². The molecule has 19 heavy (non-hydrogen) atoms. The molecule has 0 amide bonds. The van der Waals surface area contributed by atoms with Crippen LogP contribution in [0.15, 0.2) is 18.2 Å². The van der Waals surface area contributed by atoms with Gasteiger partial charge in [0, 0.05) is 25.2 Å². The third kappa shape index (κ3) is 2.55. The molecule has 1 aromatic rings. The number of piperidine rings is 1. The van der Waals surface area contributed by atoms with Gasteiger partial charge in [-0.25, -0.2) is 0 Å². The van der Waals surface area contributed by atoms with Crippen molar-refractivity contribution < 1.29 is 5.11 Å². The molecule has 2 fully saturated rings. The Bertz CT molecular complexity index is 446. The lowest BCUT2D eigenvalue weighted by molar-refractivity contribution is 0.0309. The lowest BCUT2D eigenvalue weighted by atomic mass is 9.97. The molecule has 3 N–H and O–H groups in total. The van der Waals surface area contributed by atoms with Crippen molar-refractivity contribution in [3.63, 3.8) is 0 Å². The van der Waals surface area contributed by atoms with Crippen LogP contribution in [0.25, 0.3) is 0 Å². The van der Waals surface area contributed by atoms with Gasteiger partial charge in [-0.2, -0.15) is 0 Å². The Labute approximate surface area is 115 Å². The van der Waals surface area contributed by atoms with Gasteiger partial charge in [0.05, 0.1) is 6.10 Å². The van der Waals surface area contributed by atoms with E-state index in [4.69, 9.17) is 5.73 Å². The van der Waals surface area contributed by atoms with Crippen LogP contribution in [-0.4, -0.2) is 28.2 Å². The van der Waals surface area contributed by atoms with Crippen molar-refractivity contribution in [2.24, 2.45) is 5.73 Å². The van der Waals surface area contributed by atoms with E-state index in [0.29, 0.717) is 18.6 Å². The molecule has 104 valence electrons. The Balaban J connectivity index is 1.75. The second kappa shape index (κ2) is 5.23. The van der Waals surface area contributed by atoms with Crippen molar-refractivity contribution in [2.45, 2.75) is 63.9 Å². The minimum Gasteiger partial charge on any atom is -0.393 e. The first-order valence-corrected chi connectivity index (χ1v) is 7.39. The van der Waals surface area contributed by atoms with E-state index in [1.54, 1.807) is 0 Å². The normalized spacial score (nSPS) is 30.8. The van der Waals surface area contributed by atoms with Gasteiger partial charge in [-0.3, -0.25) is 4.90 Å². The lowest BCUT2D eigenvalue weighted by Crippen LogP contribution is -2.44. The number of rotatable bonds is 3. The van der Waals surface area contributed by atoms with Gasteiger partial charge in [-0.1, -0.05) is 18.2 Å². The third-order valence-electron chi connectivity index (χ3n) is 4.86. The van der Waals surface area contributed by atoms with Gasteiger partial charge >= 0.3 is 0 Å². The highest BCUT2D eigenvalue weighted by Crippen LogP contribution is 2.37. The molecular weight excluding hydrogens is 236 g/mol. The second-order valence-electron chi connectivity index (χ2n) is 6.15. The summed E-state index contributed by atoms with van der Waals surface area (Å²) in [5, 5.41) is 9.86. The number of aliphatic hydroxyl groups excluding tert-OH is 1. The minimum atomic E-state index is -0.0746. The van der Waals surface area contributed by atoms with Gasteiger partial charge in [-0.15, -0.1) is 0 Å². The quantitative estimate of drug-likeness (QED) is 0.873. The lowest BCUT2D eigenvalue weighted by Gasteiger charge is -2.37. The van der Waals surface area contributed by atoms with E-state index in [1.807, 2.05) is 0 Å². The summed E-state index contributed by atoms with van der Waals surface area (Å²) in [6.45, 7) is 3.82. The van der Waals surface area contributed by atoms with E-state index in [9.17, 15) is 5.11 Å². The monoisotopic (exact) mass is 260 g/mol. The predicted octanol–water partition coefficient (Wildman–Crippen LogP) is 1.94. The molecule has 3 rings (SSSR count). The summed E-state index contributed by atoms with van der Waals surface area (Å²) in [6, 6.07) is 7.74. The fourth-order valence-corrected chi connectivity index (χ4v) is 3.76. The van der Waals surface area contributed by atoms with Crippen molar-refractivity contribution in [3.05, 3.63) is 34.9 Å². The Morgan fingerprint density at radius 1 is 1.26 bits per heavy atom. The van der Waals surface area contributed by atoms with Gasteiger partial charge in [0.1, 0.15) is 0 Å². The SMILES string of the molecule is Cc1cc(CN)ccc1CN1C2CCC1CC(O)C2. The summed E-state index contributed by atoms with van der Waals surface area (Å²) in [5.41, 5.74) is 9.64. The van der Waals surface area contributed by atoms with Crippen molar-refractivity contribution >= 4 is 0 Å². The topological polar surface area (TPSA) is 49.5 Å². The Morgan fingerprint density at radius 2 is 1.95 bits per heavy atom. The minimum absolute atomic E-state index is 0.0746. The van der Waals surface area contributed by atoms with E-state index in [2.05, 4.69) is 30.0 Å². The summed E-state index contributed by atoms with van der Waals surface area (Å²) in [7, 11) is 0. The first kappa shape index (κ1) is 13.1. The molecule has 2 atom stereocenters. The first-order valence-electron chi connectivity index (χ1n) is 7.39. The molecule has 2 heterocycles. The van der Waals surface area contributed by atoms with Crippen LogP contribution in [0.2, 0.25) is 0 Å². The molecule has 3 heteroatoms. The maximum Gasteiger partial charge on any atom is 0.0570 e. The molecule has 2 aliphatic heterocycles. The number of nitrogens with two attached hydrogens (primary N) is 1. The summed E-state index contributed by atoms with van der Waals surface area (Å²) in [6.07, 6.45) is 4.34. The molecular formula is C16H24N2O. The molecule has 2 saturated heterocycles. The molecule has 0 saturated carbocycles. The first-order chi connectivity index (χ1) is 9.17. The number of aryl methyl sites for hydroxylation is 1. The van der Waals surface area contributed by atoms with E-state index >= 15 is 0 Å². The zero-order chi connectivity index (χ0) is 13.4. The second-order valence-corrected chi connectivity index (χ2v) is 6.15. The summed E-state index contributed by atoms with van der Waals surface area (Å²) in [4.78, 5) is 2.61. The Morgan fingerprint density at radius 3 is 2.53 bits per heavy atom. The van der Waals surface area contributed by atoms with Crippen LogP contribution in [-0.2, 0) is 13.1 Å². The fourth-order valence-electron chi connectivity index (χ4n) is 3.76. The van der Waals surface area contributed by atoms with Crippen LogP contribution >= 0.6 is 0 Å². The van der Waals surface area contributed by atoms with Crippen LogP contribution in [0.5, 0.6) is 0 Å². The molecule has 0 aliphatic carbocycles. The van der Waals surface area contributed by atoms with Gasteiger partial charge < -0.3 is 10.8 Å². The number of aliphatic hydroxyl groups is 1. The van der Waals surface area contributed by atoms with Gasteiger partial charge in [0.2, 0.25) is 0 Å². The number of nitrogens with zero attached hydrogens (tertiary/aromatic N) is 1. The van der Waals surface area contributed by atoms with Crippen molar-refractivity contribution in [2.75, 3.05) is 0 Å². The highest BCUT2D eigenvalue weighted by atomic mass is 16.3. The highest BCUT2D eigenvalue weighted by Gasteiger charge is 2.39. The Kier molecular flexibility index (Phi) is 3.61. The average molecular weight is 260 g/mol. The van der Waals surface area contributed by atoms with Crippen LogP contribution in [0, 0.1) is 6.92 Å². The molecule has 2 bridgehead atoms. The third-order valence-corrected chi connectivity index (χ3v) is 4.86. The number of fused-ring (bicyclic) bond motifs is 2. The zero-order valence-electron chi connectivity index (χ0n) is 11.7. The molecule has 0 aromatic heterocycles. The Hall–Kier alpha value is -0.900. The van der Waals surface area contributed by atoms with Crippen LogP contribution in [0.4, 0.5) is 0 Å². The standard InChI is InChI=1S/C16H24N2O/c1-11-6-12(9-17)2-3-13(11)10-18-14-4-5-15(18)8-16(19)7-14/h2-3,6,14-16,19H,4-5,7-10,17H2,1H3. The van der Waals surface area contributed by atoms with Gasteiger partial charge in [0.15, 0.2) is 0 Å². The maximum absolute atomic E-state index is 9.86. The van der Waals surface area contributed by atoms with Crippen LogP contribution < -0.4 is 5.73 Å². The predicted molar refractivity (Wildman–Crippen MR) is 76.7 cm³/mol. The maximum atomic E-state index is 9.86. The van der Waals surface area contributed by atoms with Crippen molar-refractivity contribution in [1.82, 2.24) is 4.90 Å². The number of hydrogen-bond acceptors (Lipinski definition) is 3. The molecule has 0 spiro atoms. The summed E-state index contributed by atoms with van der Waals surface area (Å²) in [5.74, 6) is 0. The summed E-state index contributed by atoms with van der Waals surface area (Å²) >= 11 is 0. The molecule has 2 unspecified atom stereocenters. The van der Waals surface area contributed by atoms with Crippen molar-refractivity contribution in [3.8, 4) is 0 Å². The van der Waals surface area contributed by atoms with E-state index in [0.717, 1.165) is 19.4 Å². The van der Waals surface area contributed by atoms with Gasteiger partial charge in [0.25, 0.3) is 0 Å². The molecule has 3 nitrogen and oxygen atoms in total. The molecule has 1 aromatic carbocycles. The van der Waals surface area contributed by atoms with E-state index < -0.39 is 0 Å². The zero-order valence-corrected chi connectivity index (χ0v) is 11.7. The van der Waals surface area contributed by atoms with E-state index in [1.165, 1.54) is 29.5 Å². The average Bonchev–Trinajstić information content (AvgIpc) is 2.63. The van der Waals surface area contributed by atoms with E-state index in [-0.39, 0.29) is 6.10 Å². The molecule has 0 radical (unpaired) electrons. The van der Waals surface area contributed by atoms with Gasteiger partial charge in [-0.05, 0) is 49.3 Å². The van der Waals surface area contributed by atoms with Crippen LogP contribution in [0.3, 0.4) is 0 Å². The fraction of sp³-hybridized carbons (Fsp3) is 0.625.